The fourth-order valence-corrected chi connectivity index (χ4v) is 4.44. The van der Waals surface area contributed by atoms with Crippen LogP contribution in [0.15, 0.2) is 42.5 Å². The summed E-state index contributed by atoms with van der Waals surface area (Å²) in [6.07, 6.45) is 1.30. The quantitative estimate of drug-likeness (QED) is 0.444. The molecule has 0 aliphatic rings. The van der Waals surface area contributed by atoms with Crippen molar-refractivity contribution >= 4 is 46.8 Å². The molecule has 8 heteroatoms. The van der Waals surface area contributed by atoms with E-state index in [4.69, 9.17) is 23.2 Å². The van der Waals surface area contributed by atoms with Crippen molar-refractivity contribution in [1.82, 2.24) is 10.2 Å². The lowest BCUT2D eigenvalue weighted by atomic mass is 10.1. The Labute approximate surface area is 197 Å². The van der Waals surface area contributed by atoms with Crippen LogP contribution in [0.2, 0.25) is 10.0 Å². The van der Waals surface area contributed by atoms with Gasteiger partial charge >= 0.3 is 0 Å². The normalized spacial score (nSPS) is 11.8. The van der Waals surface area contributed by atoms with Crippen molar-refractivity contribution < 1.29 is 14.0 Å². The van der Waals surface area contributed by atoms with Crippen LogP contribution >= 0.6 is 35.0 Å². The highest BCUT2D eigenvalue weighted by Crippen LogP contribution is 2.25. The van der Waals surface area contributed by atoms with Crippen LogP contribution in [0.5, 0.6) is 0 Å². The number of nitrogens with one attached hydrogen (secondary N) is 1. The molecule has 0 spiro atoms. The van der Waals surface area contributed by atoms with Crippen molar-refractivity contribution in [3.8, 4) is 0 Å². The Balaban J connectivity index is 2.14. The number of halogens is 3. The molecule has 2 rings (SSSR count). The van der Waals surface area contributed by atoms with Crippen molar-refractivity contribution in [2.75, 3.05) is 12.3 Å². The van der Waals surface area contributed by atoms with Crippen LogP contribution in [0.1, 0.15) is 37.8 Å². The van der Waals surface area contributed by atoms with Gasteiger partial charge in [-0.15, -0.1) is 11.8 Å². The third-order valence-corrected chi connectivity index (χ3v) is 6.28. The molecular formula is C23H27Cl2FN2O2S. The molecule has 168 valence electrons. The van der Waals surface area contributed by atoms with Crippen molar-refractivity contribution in [3.63, 3.8) is 0 Å². The summed E-state index contributed by atoms with van der Waals surface area (Å²) in [4.78, 5) is 27.4. The molecule has 0 heterocycles. The summed E-state index contributed by atoms with van der Waals surface area (Å²) >= 11 is 13.3. The van der Waals surface area contributed by atoms with Gasteiger partial charge in [-0.05, 0) is 42.7 Å². The molecule has 0 aromatic heterocycles. The monoisotopic (exact) mass is 484 g/mol. The van der Waals surface area contributed by atoms with Gasteiger partial charge in [0.05, 0.1) is 5.75 Å². The van der Waals surface area contributed by atoms with Crippen LogP contribution in [-0.2, 0) is 21.9 Å². The number of amides is 2. The SMILES string of the molecule is CCCNC(=O)C(CC)N(Cc1ccc(Cl)cc1)C(=O)CSCc1c(F)cccc1Cl. The zero-order valence-electron chi connectivity index (χ0n) is 17.7. The van der Waals surface area contributed by atoms with Gasteiger partial charge in [0.2, 0.25) is 11.8 Å². The first-order valence-electron chi connectivity index (χ1n) is 10.2. The molecule has 2 aromatic rings. The highest BCUT2D eigenvalue weighted by molar-refractivity contribution is 7.99. The molecule has 2 aromatic carbocycles. The van der Waals surface area contributed by atoms with Crippen LogP contribution in [-0.4, -0.2) is 35.1 Å². The van der Waals surface area contributed by atoms with E-state index in [1.54, 1.807) is 29.2 Å². The molecule has 31 heavy (non-hydrogen) atoms. The fourth-order valence-electron chi connectivity index (χ4n) is 3.07. The third-order valence-electron chi connectivity index (χ3n) is 4.73. The smallest absolute Gasteiger partial charge is 0.242 e. The maximum atomic E-state index is 14.0. The van der Waals surface area contributed by atoms with Crippen LogP contribution in [0.25, 0.3) is 0 Å². The van der Waals surface area contributed by atoms with Crippen molar-refractivity contribution in [2.45, 2.75) is 45.0 Å². The number of nitrogens with zero attached hydrogens (tertiary/aromatic N) is 1. The Hall–Kier alpha value is -1.76. The van der Waals surface area contributed by atoms with Crippen molar-refractivity contribution in [2.24, 2.45) is 0 Å². The largest absolute Gasteiger partial charge is 0.354 e. The minimum atomic E-state index is -0.590. The Bertz CT molecular complexity index is 860. The van der Waals surface area contributed by atoms with E-state index in [1.807, 2.05) is 26.0 Å². The fraction of sp³-hybridized carbons (Fsp3) is 0.391. The van der Waals surface area contributed by atoms with Gasteiger partial charge in [-0.3, -0.25) is 9.59 Å². The number of carbonyl (C=O) groups excluding carboxylic acids is 2. The predicted octanol–water partition coefficient (Wildman–Crippen LogP) is 5.70. The first-order valence-corrected chi connectivity index (χ1v) is 12.1. The summed E-state index contributed by atoms with van der Waals surface area (Å²) in [5.74, 6) is -0.378. The van der Waals surface area contributed by atoms with E-state index in [2.05, 4.69) is 5.32 Å². The van der Waals surface area contributed by atoms with E-state index in [9.17, 15) is 14.0 Å². The number of hydrogen-bond donors (Lipinski definition) is 1. The summed E-state index contributed by atoms with van der Waals surface area (Å²) < 4.78 is 14.0. The molecule has 0 aliphatic heterocycles. The number of carbonyl (C=O) groups is 2. The van der Waals surface area contributed by atoms with Gasteiger partial charge in [-0.1, -0.05) is 55.2 Å². The van der Waals surface area contributed by atoms with Gasteiger partial charge in [-0.25, -0.2) is 4.39 Å². The summed E-state index contributed by atoms with van der Waals surface area (Å²) in [6.45, 7) is 4.70. The van der Waals surface area contributed by atoms with Crippen LogP contribution in [0, 0.1) is 5.82 Å². The number of thioether (sulfide) groups is 1. The Morgan fingerprint density at radius 3 is 2.45 bits per heavy atom. The molecule has 1 N–H and O–H groups in total. The lowest BCUT2D eigenvalue weighted by molar-refractivity contribution is -0.139. The van der Waals surface area contributed by atoms with Crippen molar-refractivity contribution in [1.29, 1.82) is 0 Å². The molecular weight excluding hydrogens is 458 g/mol. The highest BCUT2D eigenvalue weighted by Gasteiger charge is 2.28. The summed E-state index contributed by atoms with van der Waals surface area (Å²) in [7, 11) is 0. The molecule has 1 atom stereocenters. The maximum Gasteiger partial charge on any atom is 0.242 e. The van der Waals surface area contributed by atoms with Gasteiger partial charge in [0.15, 0.2) is 0 Å². The molecule has 0 bridgehead atoms. The second-order valence-electron chi connectivity index (χ2n) is 7.06. The molecule has 2 amide bonds. The van der Waals surface area contributed by atoms with Gasteiger partial charge in [0.1, 0.15) is 11.9 Å². The first-order chi connectivity index (χ1) is 14.9. The van der Waals surface area contributed by atoms with Gasteiger partial charge in [-0.2, -0.15) is 0 Å². The molecule has 0 saturated heterocycles. The predicted molar refractivity (Wildman–Crippen MR) is 127 cm³/mol. The van der Waals surface area contributed by atoms with Gasteiger partial charge < -0.3 is 10.2 Å². The molecule has 1 unspecified atom stereocenters. The minimum Gasteiger partial charge on any atom is -0.354 e. The van der Waals surface area contributed by atoms with Crippen molar-refractivity contribution in [3.05, 3.63) is 69.5 Å². The summed E-state index contributed by atoms with van der Waals surface area (Å²) in [5.41, 5.74) is 1.25. The molecule has 0 fully saturated rings. The number of hydrogen-bond acceptors (Lipinski definition) is 3. The van der Waals surface area contributed by atoms with E-state index >= 15 is 0 Å². The molecule has 0 radical (unpaired) electrons. The van der Waals surface area contributed by atoms with E-state index in [0.717, 1.165) is 12.0 Å². The second-order valence-corrected chi connectivity index (χ2v) is 8.89. The molecule has 4 nitrogen and oxygen atoms in total. The van der Waals surface area contributed by atoms with E-state index in [-0.39, 0.29) is 29.9 Å². The lowest BCUT2D eigenvalue weighted by Gasteiger charge is -2.30. The average Bonchev–Trinajstić information content (AvgIpc) is 2.75. The maximum absolute atomic E-state index is 14.0. The lowest BCUT2D eigenvalue weighted by Crippen LogP contribution is -2.49. The standard InChI is InChI=1S/C23H27Cl2FN2O2S/c1-3-12-27-23(30)21(4-2)28(13-16-8-10-17(24)11-9-16)22(29)15-31-14-18-19(25)6-5-7-20(18)26/h5-11,21H,3-4,12-15H2,1-2H3,(H,27,30). The second kappa shape index (κ2) is 12.9. The van der Waals surface area contributed by atoms with Crippen LogP contribution in [0.4, 0.5) is 4.39 Å². The Morgan fingerprint density at radius 1 is 1.13 bits per heavy atom. The average molecular weight is 485 g/mol. The van der Waals surface area contributed by atoms with E-state index < -0.39 is 11.9 Å². The van der Waals surface area contributed by atoms with Gasteiger partial charge in [0, 0.05) is 34.5 Å². The highest BCUT2D eigenvalue weighted by atomic mass is 35.5. The molecule has 0 saturated carbocycles. The number of rotatable bonds is 11. The van der Waals surface area contributed by atoms with Crippen LogP contribution in [0.3, 0.4) is 0 Å². The minimum absolute atomic E-state index is 0.107. The topological polar surface area (TPSA) is 49.4 Å². The van der Waals surface area contributed by atoms with E-state index in [0.29, 0.717) is 28.6 Å². The number of benzene rings is 2. The summed E-state index contributed by atoms with van der Waals surface area (Å²) in [5, 5.41) is 3.82. The van der Waals surface area contributed by atoms with E-state index in [1.165, 1.54) is 17.8 Å². The zero-order valence-corrected chi connectivity index (χ0v) is 20.0. The third kappa shape index (κ3) is 7.70. The van der Waals surface area contributed by atoms with Crippen LogP contribution < -0.4 is 5.32 Å². The summed E-state index contributed by atoms with van der Waals surface area (Å²) in [6, 6.07) is 11.1. The zero-order chi connectivity index (χ0) is 22.8. The van der Waals surface area contributed by atoms with Gasteiger partial charge in [0.25, 0.3) is 0 Å². The molecule has 0 aliphatic carbocycles. The first kappa shape index (κ1) is 25.5. The Morgan fingerprint density at radius 2 is 1.84 bits per heavy atom. The Kier molecular flexibility index (Phi) is 10.6.